The number of hydrogen-bond acceptors (Lipinski definition) is 5. The Hall–Kier alpha value is -2.80. The Labute approximate surface area is 170 Å². The number of hydrogen-bond donors (Lipinski definition) is 1. The van der Waals surface area contributed by atoms with Crippen LogP contribution in [0.3, 0.4) is 0 Å². The maximum absolute atomic E-state index is 11.4. The number of thiocarbonyl (C=S) groups is 1. The summed E-state index contributed by atoms with van der Waals surface area (Å²) >= 11 is 5.58. The van der Waals surface area contributed by atoms with Gasteiger partial charge in [0.15, 0.2) is 22.4 Å². The van der Waals surface area contributed by atoms with Crippen molar-refractivity contribution in [3.63, 3.8) is 0 Å². The summed E-state index contributed by atoms with van der Waals surface area (Å²) in [4.78, 5) is 15.9. The molecule has 0 saturated carbocycles. The number of nitrogens with one attached hydrogen (secondary N) is 1. The van der Waals surface area contributed by atoms with E-state index in [0.717, 1.165) is 59.6 Å². The second-order valence-corrected chi connectivity index (χ2v) is 7.31. The lowest BCUT2D eigenvalue weighted by molar-refractivity contribution is 0.101. The first-order chi connectivity index (χ1) is 13.6. The summed E-state index contributed by atoms with van der Waals surface area (Å²) in [5.41, 5.74) is 3.00. The standard InChI is InChI=1S/C21H23N3O3S/c1-15(25)17-3-5-18(6-4-17)23-8-10-24(11-9-23)21(28)22-13-16-2-7-19-20(12-16)27-14-26-19/h2-7,12H,8-11,13-14H2,1H3,(H,22,28). The van der Waals surface area contributed by atoms with Gasteiger partial charge in [0.2, 0.25) is 6.79 Å². The molecule has 2 heterocycles. The van der Waals surface area contributed by atoms with Gasteiger partial charge in [-0.2, -0.15) is 0 Å². The topological polar surface area (TPSA) is 54.0 Å². The largest absolute Gasteiger partial charge is 0.454 e. The van der Waals surface area contributed by atoms with Crippen molar-refractivity contribution in [2.75, 3.05) is 37.9 Å². The van der Waals surface area contributed by atoms with Gasteiger partial charge in [0, 0.05) is 44.0 Å². The number of anilines is 1. The highest BCUT2D eigenvalue weighted by atomic mass is 32.1. The van der Waals surface area contributed by atoms with E-state index in [1.54, 1.807) is 6.92 Å². The van der Waals surface area contributed by atoms with Gasteiger partial charge in [0.05, 0.1) is 0 Å². The predicted octanol–water partition coefficient (Wildman–Crippen LogP) is 2.81. The van der Waals surface area contributed by atoms with E-state index in [2.05, 4.69) is 15.1 Å². The molecule has 0 atom stereocenters. The molecule has 0 aromatic heterocycles. The molecule has 0 unspecified atom stereocenters. The number of piperazine rings is 1. The zero-order valence-corrected chi connectivity index (χ0v) is 16.6. The third kappa shape index (κ3) is 4.04. The highest BCUT2D eigenvalue weighted by molar-refractivity contribution is 7.80. The Morgan fingerprint density at radius 3 is 2.46 bits per heavy atom. The molecule has 2 aromatic rings. The molecule has 1 fully saturated rings. The SMILES string of the molecule is CC(=O)c1ccc(N2CCN(C(=S)NCc3ccc4c(c3)OCO4)CC2)cc1. The molecule has 2 aliphatic rings. The van der Waals surface area contributed by atoms with Crippen molar-refractivity contribution in [1.29, 1.82) is 0 Å². The van der Waals surface area contributed by atoms with Crippen LogP contribution >= 0.6 is 12.2 Å². The van der Waals surface area contributed by atoms with Crippen molar-refractivity contribution in [3.8, 4) is 11.5 Å². The quantitative estimate of drug-likeness (QED) is 0.629. The van der Waals surface area contributed by atoms with Crippen molar-refractivity contribution >= 4 is 28.8 Å². The fourth-order valence-corrected chi connectivity index (χ4v) is 3.67. The zero-order valence-electron chi connectivity index (χ0n) is 15.8. The molecule has 146 valence electrons. The van der Waals surface area contributed by atoms with Gasteiger partial charge in [0.25, 0.3) is 0 Å². The van der Waals surface area contributed by atoms with Crippen LogP contribution in [0.15, 0.2) is 42.5 Å². The van der Waals surface area contributed by atoms with Crippen LogP contribution in [0, 0.1) is 0 Å². The lowest BCUT2D eigenvalue weighted by Gasteiger charge is -2.37. The predicted molar refractivity (Wildman–Crippen MR) is 112 cm³/mol. The minimum absolute atomic E-state index is 0.0928. The number of carbonyl (C=O) groups excluding carboxylic acids is 1. The Balaban J connectivity index is 1.27. The maximum Gasteiger partial charge on any atom is 0.231 e. The van der Waals surface area contributed by atoms with E-state index in [-0.39, 0.29) is 12.6 Å². The van der Waals surface area contributed by atoms with E-state index in [4.69, 9.17) is 21.7 Å². The molecule has 0 radical (unpaired) electrons. The van der Waals surface area contributed by atoms with Crippen LogP contribution in [0.1, 0.15) is 22.8 Å². The first kappa shape index (κ1) is 18.6. The fraction of sp³-hybridized carbons (Fsp3) is 0.333. The average molecular weight is 398 g/mol. The van der Waals surface area contributed by atoms with Gasteiger partial charge in [-0.1, -0.05) is 6.07 Å². The van der Waals surface area contributed by atoms with Crippen molar-refractivity contribution < 1.29 is 14.3 Å². The Morgan fingerprint density at radius 2 is 1.75 bits per heavy atom. The van der Waals surface area contributed by atoms with Gasteiger partial charge in [-0.3, -0.25) is 4.79 Å². The number of carbonyl (C=O) groups is 1. The number of Topliss-reactive ketones (excluding diaryl/α,β-unsaturated/α-hetero) is 1. The minimum Gasteiger partial charge on any atom is -0.454 e. The zero-order chi connectivity index (χ0) is 19.5. The van der Waals surface area contributed by atoms with E-state index >= 15 is 0 Å². The molecule has 2 aliphatic heterocycles. The van der Waals surface area contributed by atoms with Crippen molar-refractivity contribution in [3.05, 3.63) is 53.6 Å². The number of benzene rings is 2. The van der Waals surface area contributed by atoms with Crippen LogP contribution in [-0.2, 0) is 6.54 Å². The summed E-state index contributed by atoms with van der Waals surface area (Å²) in [6, 6.07) is 13.7. The molecule has 28 heavy (non-hydrogen) atoms. The second kappa shape index (κ2) is 8.06. The highest BCUT2D eigenvalue weighted by Crippen LogP contribution is 2.32. The van der Waals surface area contributed by atoms with Gasteiger partial charge in [-0.05, 0) is 61.1 Å². The molecule has 0 bridgehead atoms. The van der Waals surface area contributed by atoms with Crippen LogP contribution in [0.5, 0.6) is 11.5 Å². The molecule has 1 N–H and O–H groups in total. The molecule has 6 nitrogen and oxygen atoms in total. The van der Waals surface area contributed by atoms with Gasteiger partial charge < -0.3 is 24.6 Å². The molecule has 7 heteroatoms. The highest BCUT2D eigenvalue weighted by Gasteiger charge is 2.19. The number of ether oxygens (including phenoxy) is 2. The summed E-state index contributed by atoms with van der Waals surface area (Å²) in [7, 11) is 0. The lowest BCUT2D eigenvalue weighted by Crippen LogP contribution is -2.51. The molecule has 0 amide bonds. The van der Waals surface area contributed by atoms with Crippen molar-refractivity contribution in [1.82, 2.24) is 10.2 Å². The van der Waals surface area contributed by atoms with E-state index < -0.39 is 0 Å². The lowest BCUT2D eigenvalue weighted by atomic mass is 10.1. The van der Waals surface area contributed by atoms with Gasteiger partial charge in [0.1, 0.15) is 0 Å². The maximum atomic E-state index is 11.4. The average Bonchev–Trinajstić information content (AvgIpc) is 3.20. The first-order valence-corrected chi connectivity index (χ1v) is 9.78. The first-order valence-electron chi connectivity index (χ1n) is 9.37. The summed E-state index contributed by atoms with van der Waals surface area (Å²) in [6.07, 6.45) is 0. The number of nitrogens with zero attached hydrogens (tertiary/aromatic N) is 2. The number of ketones is 1. The molecular formula is C21H23N3O3S. The Bertz CT molecular complexity index is 877. The third-order valence-electron chi connectivity index (χ3n) is 5.09. The second-order valence-electron chi connectivity index (χ2n) is 6.92. The molecule has 0 aliphatic carbocycles. The fourth-order valence-electron chi connectivity index (χ4n) is 3.42. The van der Waals surface area contributed by atoms with Crippen molar-refractivity contribution in [2.24, 2.45) is 0 Å². The van der Waals surface area contributed by atoms with E-state index in [9.17, 15) is 4.79 Å². The van der Waals surface area contributed by atoms with Gasteiger partial charge in [-0.15, -0.1) is 0 Å². The van der Waals surface area contributed by atoms with Crippen LogP contribution in [-0.4, -0.2) is 48.8 Å². The molecule has 2 aromatic carbocycles. The number of rotatable bonds is 4. The monoisotopic (exact) mass is 397 g/mol. The van der Waals surface area contributed by atoms with Crippen LogP contribution in [0.4, 0.5) is 5.69 Å². The van der Waals surface area contributed by atoms with Crippen LogP contribution < -0.4 is 19.7 Å². The summed E-state index contributed by atoms with van der Waals surface area (Å²) < 4.78 is 10.8. The van der Waals surface area contributed by atoms with Crippen LogP contribution in [0.25, 0.3) is 0 Å². The normalized spacial score (nSPS) is 15.5. The smallest absolute Gasteiger partial charge is 0.231 e. The van der Waals surface area contributed by atoms with E-state index in [1.807, 2.05) is 42.5 Å². The molecule has 0 spiro atoms. The molecular weight excluding hydrogens is 374 g/mol. The Morgan fingerprint density at radius 1 is 1.04 bits per heavy atom. The van der Waals surface area contributed by atoms with Gasteiger partial charge >= 0.3 is 0 Å². The third-order valence-corrected chi connectivity index (χ3v) is 5.49. The van der Waals surface area contributed by atoms with Crippen LogP contribution in [0.2, 0.25) is 0 Å². The van der Waals surface area contributed by atoms with E-state index in [1.165, 1.54) is 0 Å². The molecule has 1 saturated heterocycles. The van der Waals surface area contributed by atoms with E-state index in [0.29, 0.717) is 6.54 Å². The summed E-state index contributed by atoms with van der Waals surface area (Å²) in [5.74, 6) is 1.67. The van der Waals surface area contributed by atoms with Crippen molar-refractivity contribution in [2.45, 2.75) is 13.5 Å². The molecule has 4 rings (SSSR count). The summed E-state index contributed by atoms with van der Waals surface area (Å²) in [5, 5.41) is 4.11. The summed E-state index contributed by atoms with van der Waals surface area (Å²) in [6.45, 7) is 6.04. The minimum atomic E-state index is 0.0928. The number of fused-ring (bicyclic) bond motifs is 1. The van der Waals surface area contributed by atoms with Gasteiger partial charge in [-0.25, -0.2) is 0 Å². The Kier molecular flexibility index (Phi) is 5.34.